The van der Waals surface area contributed by atoms with Gasteiger partial charge in [0.15, 0.2) is 0 Å². The number of anilines is 1. The molecule has 0 unspecified atom stereocenters. The predicted molar refractivity (Wildman–Crippen MR) is 129 cm³/mol. The van der Waals surface area contributed by atoms with E-state index in [-0.39, 0.29) is 12.1 Å². The van der Waals surface area contributed by atoms with Crippen molar-refractivity contribution in [3.63, 3.8) is 0 Å². The number of fused-ring (bicyclic) bond motifs is 2. The van der Waals surface area contributed by atoms with E-state index in [1.165, 1.54) is 6.20 Å². The van der Waals surface area contributed by atoms with Crippen LogP contribution in [-0.4, -0.2) is 61.9 Å². The van der Waals surface area contributed by atoms with E-state index >= 15 is 0 Å². The van der Waals surface area contributed by atoms with Gasteiger partial charge in [-0.25, -0.2) is 9.50 Å². The summed E-state index contributed by atoms with van der Waals surface area (Å²) in [5, 5.41) is 26.9. The number of rotatable bonds is 7. The lowest BCUT2D eigenvalue weighted by molar-refractivity contribution is -0.111. The molecule has 10 heteroatoms. The first-order chi connectivity index (χ1) is 16.7. The van der Waals surface area contributed by atoms with Crippen LogP contribution in [0.5, 0.6) is 5.75 Å². The van der Waals surface area contributed by atoms with E-state index in [1.54, 1.807) is 43.0 Å². The van der Waals surface area contributed by atoms with Gasteiger partial charge < -0.3 is 20.1 Å². The molecular formula is C25H29N7O3. The van der Waals surface area contributed by atoms with Crippen LogP contribution in [0.4, 0.5) is 5.82 Å². The highest BCUT2D eigenvalue weighted by atomic mass is 16.5. The summed E-state index contributed by atoms with van der Waals surface area (Å²) in [4.78, 5) is 22.6. The van der Waals surface area contributed by atoms with Crippen molar-refractivity contribution in [2.24, 2.45) is 11.8 Å². The van der Waals surface area contributed by atoms with Crippen molar-refractivity contribution in [1.82, 2.24) is 24.9 Å². The van der Waals surface area contributed by atoms with Crippen molar-refractivity contribution < 1.29 is 14.6 Å². The van der Waals surface area contributed by atoms with Crippen LogP contribution in [-0.2, 0) is 4.79 Å². The normalized spacial score (nSPS) is 23.8. The molecule has 2 aliphatic rings. The van der Waals surface area contributed by atoms with E-state index in [4.69, 9.17) is 9.72 Å². The third-order valence-corrected chi connectivity index (χ3v) is 6.95. The van der Waals surface area contributed by atoms with E-state index in [9.17, 15) is 15.2 Å². The van der Waals surface area contributed by atoms with Crippen LogP contribution >= 0.6 is 0 Å². The molecule has 2 fully saturated rings. The number of hydrogen-bond donors (Lipinski definition) is 2. The van der Waals surface area contributed by atoms with Gasteiger partial charge in [-0.2, -0.15) is 10.4 Å². The van der Waals surface area contributed by atoms with Crippen molar-refractivity contribution in [3.8, 4) is 23.1 Å². The molecule has 1 amide bonds. The van der Waals surface area contributed by atoms with E-state index in [0.29, 0.717) is 39.9 Å². The third-order valence-electron chi connectivity index (χ3n) is 6.95. The Morgan fingerprint density at radius 3 is 2.63 bits per heavy atom. The molecule has 3 atom stereocenters. The number of hydrogen-bond acceptors (Lipinski definition) is 8. The fraction of sp³-hybridized carbons (Fsp3) is 0.480. The molecule has 5 rings (SSSR count). The molecule has 0 spiro atoms. The molecule has 35 heavy (non-hydrogen) atoms. The number of nitriles is 1. The molecule has 1 aliphatic heterocycles. The maximum atomic E-state index is 10.9. The van der Waals surface area contributed by atoms with Gasteiger partial charge >= 0.3 is 0 Å². The fourth-order valence-electron chi connectivity index (χ4n) is 5.43. The number of carbonyl (C=O) groups excluding carboxylic acids is 1. The van der Waals surface area contributed by atoms with Crippen LogP contribution in [0, 0.1) is 23.2 Å². The van der Waals surface area contributed by atoms with E-state index in [2.05, 4.69) is 33.3 Å². The zero-order valence-electron chi connectivity index (χ0n) is 20.1. The summed E-state index contributed by atoms with van der Waals surface area (Å²) in [6.07, 6.45) is 9.41. The smallest absolute Gasteiger partial charge is 0.207 e. The Bertz CT molecular complexity index is 1280. The fourth-order valence-corrected chi connectivity index (χ4v) is 5.43. The van der Waals surface area contributed by atoms with Gasteiger partial charge in [-0.15, -0.1) is 0 Å². The second-order valence-corrected chi connectivity index (χ2v) is 10.6. The lowest BCUT2D eigenvalue weighted by Crippen LogP contribution is -2.40. The number of pyridine rings is 1. The van der Waals surface area contributed by atoms with Crippen LogP contribution < -0.4 is 15.0 Å². The summed E-state index contributed by atoms with van der Waals surface area (Å²) in [6, 6.07) is 3.98. The molecule has 0 radical (unpaired) electrons. The second-order valence-electron chi connectivity index (χ2n) is 10.6. The zero-order valence-corrected chi connectivity index (χ0v) is 20.1. The molecule has 3 aromatic rings. The highest BCUT2D eigenvalue weighted by molar-refractivity contribution is 5.83. The number of amides is 1. The van der Waals surface area contributed by atoms with Gasteiger partial charge in [0.2, 0.25) is 6.41 Å². The monoisotopic (exact) mass is 475 g/mol. The Kier molecular flexibility index (Phi) is 5.60. The average Bonchev–Trinajstić information content (AvgIpc) is 3.48. The van der Waals surface area contributed by atoms with Crippen molar-refractivity contribution >= 4 is 17.7 Å². The molecule has 2 N–H and O–H groups in total. The van der Waals surface area contributed by atoms with Crippen LogP contribution in [0.1, 0.15) is 39.2 Å². The summed E-state index contributed by atoms with van der Waals surface area (Å²) in [7, 11) is 0. The molecule has 3 aromatic heterocycles. The molecule has 1 aliphatic carbocycles. The molecule has 0 bridgehead atoms. The number of ether oxygens (including phenoxy) is 1. The van der Waals surface area contributed by atoms with Crippen LogP contribution in [0.25, 0.3) is 16.8 Å². The molecular weight excluding hydrogens is 446 g/mol. The van der Waals surface area contributed by atoms with Gasteiger partial charge in [0.25, 0.3) is 0 Å². The summed E-state index contributed by atoms with van der Waals surface area (Å²) in [5.41, 5.74) is 1.23. The average molecular weight is 476 g/mol. The lowest BCUT2D eigenvalue weighted by Gasteiger charge is -2.26. The first-order valence-corrected chi connectivity index (χ1v) is 11.7. The summed E-state index contributed by atoms with van der Waals surface area (Å²) in [6.45, 7) is 7.34. The van der Waals surface area contributed by atoms with Crippen molar-refractivity contribution in [2.75, 3.05) is 24.6 Å². The molecule has 4 heterocycles. The minimum atomic E-state index is -0.993. The van der Waals surface area contributed by atoms with E-state index in [1.807, 2.05) is 0 Å². The van der Waals surface area contributed by atoms with Gasteiger partial charge in [0.05, 0.1) is 47.2 Å². The SMILES string of the molecule is CC(C)(O)COc1cc(-c2cnc(N3C[C@@H]4C[C@@](C)(NC=O)C[C@@H]4C3)cn2)c2c(C#N)cnn2c1. The van der Waals surface area contributed by atoms with Crippen molar-refractivity contribution in [3.05, 3.63) is 36.4 Å². The maximum Gasteiger partial charge on any atom is 0.207 e. The topological polar surface area (TPSA) is 129 Å². The Balaban J connectivity index is 1.40. The van der Waals surface area contributed by atoms with E-state index < -0.39 is 5.60 Å². The Labute approximate surface area is 203 Å². The quantitative estimate of drug-likeness (QED) is 0.498. The Morgan fingerprint density at radius 1 is 1.29 bits per heavy atom. The molecule has 1 saturated carbocycles. The summed E-state index contributed by atoms with van der Waals surface area (Å²) in [5.74, 6) is 2.35. The van der Waals surface area contributed by atoms with Crippen molar-refractivity contribution in [2.45, 2.75) is 44.8 Å². The standard InChI is InChI=1S/C25H29N7O3/c1-24(2,34)14-35-19-4-20(23-18(7-26)8-30-32(23)13-19)21-9-28-22(10-27-21)31-11-16-5-25(3,29-15-33)6-17(16)12-31/h4,8-10,13,15-17,34H,5-6,11-12,14H2,1-3H3,(H,29,33)/t16-,17+,25+. The Hall–Kier alpha value is -3.71. The van der Waals surface area contributed by atoms with Crippen LogP contribution in [0.15, 0.2) is 30.9 Å². The third kappa shape index (κ3) is 4.51. The largest absolute Gasteiger partial charge is 0.489 e. The number of nitrogens with one attached hydrogen (secondary N) is 1. The first-order valence-electron chi connectivity index (χ1n) is 11.7. The number of nitrogens with zero attached hydrogens (tertiary/aromatic N) is 6. The molecule has 182 valence electrons. The lowest BCUT2D eigenvalue weighted by atomic mass is 9.98. The van der Waals surface area contributed by atoms with Crippen LogP contribution in [0.2, 0.25) is 0 Å². The Morgan fingerprint density at radius 2 is 2.03 bits per heavy atom. The molecule has 0 aromatic carbocycles. The van der Waals surface area contributed by atoms with Gasteiger partial charge in [0, 0.05) is 24.2 Å². The predicted octanol–water partition coefficient (Wildman–Crippen LogP) is 2.16. The minimum absolute atomic E-state index is 0.105. The highest BCUT2D eigenvalue weighted by Gasteiger charge is 2.46. The molecule has 10 nitrogen and oxygen atoms in total. The molecule has 1 saturated heterocycles. The zero-order chi connectivity index (χ0) is 24.8. The summed E-state index contributed by atoms with van der Waals surface area (Å²) < 4.78 is 7.38. The second kappa shape index (κ2) is 8.50. The van der Waals surface area contributed by atoms with E-state index in [0.717, 1.165) is 38.2 Å². The number of carbonyl (C=O) groups is 1. The maximum absolute atomic E-state index is 10.9. The van der Waals surface area contributed by atoms with Crippen LogP contribution in [0.3, 0.4) is 0 Å². The number of aromatic nitrogens is 4. The van der Waals surface area contributed by atoms with Gasteiger partial charge in [-0.05, 0) is 51.5 Å². The summed E-state index contributed by atoms with van der Waals surface area (Å²) >= 11 is 0. The minimum Gasteiger partial charge on any atom is -0.489 e. The van der Waals surface area contributed by atoms with Crippen molar-refractivity contribution in [1.29, 1.82) is 5.26 Å². The van der Waals surface area contributed by atoms with Gasteiger partial charge in [-0.1, -0.05) is 0 Å². The first kappa shape index (κ1) is 23.1. The van der Waals surface area contributed by atoms with Gasteiger partial charge in [-0.3, -0.25) is 9.78 Å². The highest BCUT2D eigenvalue weighted by Crippen LogP contribution is 2.44. The van der Waals surface area contributed by atoms with Gasteiger partial charge in [0.1, 0.15) is 24.2 Å². The number of aliphatic hydroxyl groups is 1.